The topological polar surface area (TPSA) is 61.8 Å². The minimum atomic E-state index is 0.181. The van der Waals surface area contributed by atoms with Crippen LogP contribution in [0.3, 0.4) is 0 Å². The maximum Gasteiger partial charge on any atom is 0.173 e. The number of benzene rings is 1. The number of hydrogen-bond acceptors (Lipinski definition) is 4. The highest BCUT2D eigenvalue weighted by Gasteiger charge is 2.22. The maximum absolute atomic E-state index is 8.99. The summed E-state index contributed by atoms with van der Waals surface area (Å²) < 4.78 is 0. The molecular weight excluding hydrogens is 258 g/mol. The van der Waals surface area contributed by atoms with E-state index in [2.05, 4.69) is 17.1 Å². The van der Waals surface area contributed by atoms with E-state index >= 15 is 0 Å². The van der Waals surface area contributed by atoms with Gasteiger partial charge in [0.15, 0.2) is 5.84 Å². The molecule has 104 valence electrons. The van der Waals surface area contributed by atoms with Gasteiger partial charge in [-0.1, -0.05) is 17.6 Å². The Balaban J connectivity index is 2.31. The molecule has 0 amide bonds. The van der Waals surface area contributed by atoms with Gasteiger partial charge >= 0.3 is 0 Å². The van der Waals surface area contributed by atoms with Crippen LogP contribution in [0, 0.1) is 5.92 Å². The van der Waals surface area contributed by atoms with Gasteiger partial charge in [0.25, 0.3) is 0 Å². The molecule has 0 aliphatic heterocycles. The minimum absolute atomic E-state index is 0.181. The molecular formula is C14H21N3OS. The number of thioether (sulfide) groups is 1. The summed E-state index contributed by atoms with van der Waals surface area (Å²) in [6.45, 7) is 1.03. The first-order valence-corrected chi connectivity index (χ1v) is 7.76. The third kappa shape index (κ3) is 2.97. The minimum Gasteiger partial charge on any atom is -0.409 e. The van der Waals surface area contributed by atoms with Crippen LogP contribution >= 0.6 is 11.8 Å². The summed E-state index contributed by atoms with van der Waals surface area (Å²) in [6.07, 6.45) is 5.96. The van der Waals surface area contributed by atoms with Crippen molar-refractivity contribution in [2.24, 2.45) is 16.8 Å². The predicted octanol–water partition coefficient (Wildman–Crippen LogP) is 2.74. The van der Waals surface area contributed by atoms with E-state index in [0.29, 0.717) is 0 Å². The van der Waals surface area contributed by atoms with Gasteiger partial charge in [-0.2, -0.15) is 0 Å². The van der Waals surface area contributed by atoms with Crippen LogP contribution in [0.4, 0.5) is 5.69 Å². The van der Waals surface area contributed by atoms with E-state index in [1.807, 2.05) is 24.5 Å². The molecule has 1 aromatic rings. The smallest absolute Gasteiger partial charge is 0.173 e. The zero-order valence-corrected chi connectivity index (χ0v) is 12.3. The number of nitrogens with zero attached hydrogens (tertiary/aromatic N) is 2. The molecule has 0 unspecified atom stereocenters. The number of nitrogens with two attached hydrogens (primary N) is 1. The molecule has 1 aliphatic rings. The highest BCUT2D eigenvalue weighted by Crippen LogP contribution is 2.32. The Kier molecular flexibility index (Phi) is 4.58. The molecule has 2 rings (SSSR count). The van der Waals surface area contributed by atoms with Gasteiger partial charge in [0.1, 0.15) is 0 Å². The normalized spacial score (nSPS) is 16.2. The van der Waals surface area contributed by atoms with Crippen molar-refractivity contribution in [1.29, 1.82) is 0 Å². The summed E-state index contributed by atoms with van der Waals surface area (Å²) in [6, 6.07) is 6.05. The van der Waals surface area contributed by atoms with Crippen molar-refractivity contribution >= 4 is 23.3 Å². The van der Waals surface area contributed by atoms with E-state index < -0.39 is 0 Å². The molecule has 1 saturated carbocycles. The van der Waals surface area contributed by atoms with E-state index in [1.165, 1.54) is 19.3 Å². The van der Waals surface area contributed by atoms with Gasteiger partial charge in [0.2, 0.25) is 0 Å². The van der Waals surface area contributed by atoms with E-state index in [0.717, 1.165) is 28.6 Å². The zero-order chi connectivity index (χ0) is 13.8. The van der Waals surface area contributed by atoms with Crippen molar-refractivity contribution in [2.45, 2.75) is 24.2 Å². The summed E-state index contributed by atoms with van der Waals surface area (Å²) in [7, 11) is 2.08. The first-order chi connectivity index (χ1) is 9.17. The van der Waals surface area contributed by atoms with Crippen LogP contribution in [0.2, 0.25) is 0 Å². The fourth-order valence-corrected chi connectivity index (χ4v) is 3.10. The average Bonchev–Trinajstić information content (AvgIpc) is 2.40. The Morgan fingerprint density at radius 2 is 2.26 bits per heavy atom. The lowest BCUT2D eigenvalue weighted by Crippen LogP contribution is -2.31. The maximum atomic E-state index is 8.99. The van der Waals surface area contributed by atoms with Gasteiger partial charge in [-0.25, -0.2) is 0 Å². The third-order valence-corrected chi connectivity index (χ3v) is 4.54. The summed E-state index contributed by atoms with van der Waals surface area (Å²) >= 11 is 1.61. The van der Waals surface area contributed by atoms with Gasteiger partial charge in [-0.3, -0.25) is 0 Å². The molecule has 0 aromatic heterocycles. The van der Waals surface area contributed by atoms with Crippen molar-refractivity contribution in [3.63, 3.8) is 0 Å². The van der Waals surface area contributed by atoms with Gasteiger partial charge in [0.05, 0.1) is 5.56 Å². The van der Waals surface area contributed by atoms with Crippen LogP contribution in [-0.4, -0.2) is 30.9 Å². The molecule has 19 heavy (non-hydrogen) atoms. The van der Waals surface area contributed by atoms with Crippen LogP contribution < -0.4 is 10.6 Å². The fraction of sp³-hybridized carbons (Fsp3) is 0.500. The lowest BCUT2D eigenvalue weighted by atomic mass is 9.85. The highest BCUT2D eigenvalue weighted by atomic mass is 32.2. The zero-order valence-electron chi connectivity index (χ0n) is 11.5. The molecule has 0 spiro atoms. The second-order valence-electron chi connectivity index (χ2n) is 5.02. The summed E-state index contributed by atoms with van der Waals surface area (Å²) in [4.78, 5) is 3.25. The molecule has 1 fully saturated rings. The Bertz CT molecular complexity index is 472. The molecule has 3 N–H and O–H groups in total. The lowest BCUT2D eigenvalue weighted by molar-refractivity contribution is 0.318. The Morgan fingerprint density at radius 3 is 2.79 bits per heavy atom. The largest absolute Gasteiger partial charge is 0.409 e. The predicted molar refractivity (Wildman–Crippen MR) is 81.3 cm³/mol. The Morgan fingerprint density at radius 1 is 1.53 bits per heavy atom. The second-order valence-corrected chi connectivity index (χ2v) is 5.87. The van der Waals surface area contributed by atoms with Gasteiger partial charge < -0.3 is 15.8 Å². The number of hydrogen-bond donors (Lipinski definition) is 2. The van der Waals surface area contributed by atoms with Crippen LogP contribution in [0.25, 0.3) is 0 Å². The van der Waals surface area contributed by atoms with E-state index in [9.17, 15) is 0 Å². The fourth-order valence-electron chi connectivity index (χ4n) is 2.48. The van der Waals surface area contributed by atoms with Gasteiger partial charge in [-0.15, -0.1) is 11.8 Å². The second kappa shape index (κ2) is 6.19. The SMILES string of the molecule is CSc1cccc(N(C)CC2CCC2)c1/C(N)=N/O. The first kappa shape index (κ1) is 14.1. The third-order valence-electron chi connectivity index (χ3n) is 3.76. The average molecular weight is 279 g/mol. The number of anilines is 1. The monoisotopic (exact) mass is 279 g/mol. The lowest BCUT2D eigenvalue weighted by Gasteiger charge is -2.32. The van der Waals surface area contributed by atoms with Gasteiger partial charge in [0, 0.05) is 24.2 Å². The van der Waals surface area contributed by atoms with Crippen LogP contribution in [0.15, 0.2) is 28.3 Å². The molecule has 5 heteroatoms. The quantitative estimate of drug-likeness (QED) is 0.286. The Labute approximate surface area is 118 Å². The molecule has 0 heterocycles. The van der Waals surface area contributed by atoms with E-state index in [1.54, 1.807) is 11.8 Å². The van der Waals surface area contributed by atoms with E-state index in [-0.39, 0.29) is 5.84 Å². The molecule has 1 aliphatic carbocycles. The summed E-state index contributed by atoms with van der Waals surface area (Å²) in [5.74, 6) is 0.962. The van der Waals surface area contributed by atoms with Crippen molar-refractivity contribution in [1.82, 2.24) is 0 Å². The van der Waals surface area contributed by atoms with Crippen LogP contribution in [0.1, 0.15) is 24.8 Å². The van der Waals surface area contributed by atoms with Crippen LogP contribution in [0.5, 0.6) is 0 Å². The molecule has 0 bridgehead atoms. The van der Waals surface area contributed by atoms with Crippen molar-refractivity contribution in [3.05, 3.63) is 23.8 Å². The first-order valence-electron chi connectivity index (χ1n) is 6.53. The molecule has 1 aromatic carbocycles. The summed E-state index contributed by atoms with van der Waals surface area (Å²) in [5.41, 5.74) is 7.72. The molecule has 0 radical (unpaired) electrons. The number of oxime groups is 1. The van der Waals surface area contributed by atoms with Crippen molar-refractivity contribution < 1.29 is 5.21 Å². The van der Waals surface area contributed by atoms with E-state index in [4.69, 9.17) is 10.9 Å². The summed E-state index contributed by atoms with van der Waals surface area (Å²) in [5, 5.41) is 12.2. The van der Waals surface area contributed by atoms with Gasteiger partial charge in [-0.05, 0) is 37.1 Å². The molecule has 0 saturated heterocycles. The highest BCUT2D eigenvalue weighted by molar-refractivity contribution is 7.98. The number of amidine groups is 1. The number of rotatable bonds is 5. The molecule has 0 atom stereocenters. The Hall–Kier alpha value is -1.36. The molecule has 4 nitrogen and oxygen atoms in total. The van der Waals surface area contributed by atoms with Crippen molar-refractivity contribution in [2.75, 3.05) is 24.7 Å². The van der Waals surface area contributed by atoms with Crippen molar-refractivity contribution in [3.8, 4) is 0 Å². The van der Waals surface area contributed by atoms with Crippen LogP contribution in [-0.2, 0) is 0 Å². The standard InChI is InChI=1S/C14H21N3OS/c1-17(9-10-5-3-6-10)11-7-4-8-12(19-2)13(11)14(15)16-18/h4,7-8,10,18H,3,5-6,9H2,1-2H3,(H2,15,16).